The van der Waals surface area contributed by atoms with Gasteiger partial charge in [0.1, 0.15) is 11.5 Å². The molecule has 0 unspecified atom stereocenters. The maximum absolute atomic E-state index is 12.2. The van der Waals surface area contributed by atoms with E-state index >= 15 is 0 Å². The molecular weight excluding hydrogens is 392 g/mol. The zero-order valence-electron chi connectivity index (χ0n) is 20.4. The molecule has 31 heavy (non-hydrogen) atoms. The van der Waals surface area contributed by atoms with Crippen molar-refractivity contribution in [2.45, 2.75) is 73.8 Å². The highest BCUT2D eigenvalue weighted by Gasteiger charge is 2.35. The van der Waals surface area contributed by atoms with Crippen LogP contribution in [0, 0.1) is 5.41 Å². The third-order valence-electron chi connectivity index (χ3n) is 4.57. The molecule has 0 spiro atoms. The molecule has 3 rings (SSSR count). The lowest BCUT2D eigenvalue weighted by molar-refractivity contribution is -0.119. The lowest BCUT2D eigenvalue weighted by atomic mass is 9.86. The average Bonchev–Trinajstić information content (AvgIpc) is 3.07. The summed E-state index contributed by atoms with van der Waals surface area (Å²) in [7, 11) is 0. The minimum Gasteiger partial charge on any atom is -0.492 e. The molecule has 1 aromatic heterocycles. The summed E-state index contributed by atoms with van der Waals surface area (Å²) in [6, 6.07) is 5.23. The van der Waals surface area contributed by atoms with E-state index in [0.29, 0.717) is 18.0 Å². The highest BCUT2D eigenvalue weighted by molar-refractivity contribution is 5.94. The van der Waals surface area contributed by atoms with Crippen molar-refractivity contribution in [2.75, 3.05) is 11.9 Å². The number of fused-ring (bicyclic) bond motifs is 1. The van der Waals surface area contributed by atoms with Crippen molar-refractivity contribution in [2.24, 2.45) is 11.1 Å². The smallest absolute Gasteiger partial charge is 0.322 e. The van der Waals surface area contributed by atoms with E-state index in [9.17, 15) is 4.79 Å². The molecule has 1 aliphatic heterocycles. The van der Waals surface area contributed by atoms with Gasteiger partial charge in [-0.1, -0.05) is 68.4 Å². The molecule has 0 aliphatic carbocycles. The average molecular weight is 431 g/mol. The Bertz CT molecular complexity index is 843. The van der Waals surface area contributed by atoms with Crippen LogP contribution in [0.4, 0.5) is 5.69 Å². The molecule has 172 valence electrons. The Labute approximate surface area is 186 Å². The van der Waals surface area contributed by atoms with Crippen molar-refractivity contribution >= 4 is 11.6 Å². The van der Waals surface area contributed by atoms with Crippen molar-refractivity contribution in [3.05, 3.63) is 36.2 Å². The number of aromatic nitrogens is 2. The second-order valence-electron chi connectivity index (χ2n) is 8.49. The highest BCUT2D eigenvalue weighted by atomic mass is 16.5. The van der Waals surface area contributed by atoms with Gasteiger partial charge >= 0.3 is 6.01 Å². The van der Waals surface area contributed by atoms with Gasteiger partial charge in [-0.15, -0.1) is 0 Å². The topological polar surface area (TPSA) is 99.4 Å². The third kappa shape index (κ3) is 6.66. The van der Waals surface area contributed by atoms with Crippen LogP contribution in [0.1, 0.15) is 67.9 Å². The van der Waals surface area contributed by atoms with Crippen LogP contribution in [0.3, 0.4) is 0 Å². The number of carbonyl (C=O) groups is 1. The van der Waals surface area contributed by atoms with Crippen molar-refractivity contribution in [1.82, 2.24) is 9.97 Å². The summed E-state index contributed by atoms with van der Waals surface area (Å²) in [4.78, 5) is 20.6. The van der Waals surface area contributed by atoms with E-state index in [1.54, 1.807) is 0 Å². The van der Waals surface area contributed by atoms with Crippen LogP contribution in [-0.4, -0.2) is 28.5 Å². The van der Waals surface area contributed by atoms with Crippen LogP contribution in [0.25, 0.3) is 0 Å². The van der Waals surface area contributed by atoms with E-state index in [0.717, 1.165) is 11.3 Å². The Morgan fingerprint density at radius 2 is 1.74 bits per heavy atom. The number of nitrogens with two attached hydrogens (primary N) is 1. The molecule has 7 heteroatoms. The first-order chi connectivity index (χ1) is 14.6. The summed E-state index contributed by atoms with van der Waals surface area (Å²) in [6.07, 6.45) is 3.00. The van der Waals surface area contributed by atoms with Gasteiger partial charge in [0.2, 0.25) is 5.91 Å². The van der Waals surface area contributed by atoms with Gasteiger partial charge in [0.25, 0.3) is 0 Å². The van der Waals surface area contributed by atoms with Gasteiger partial charge in [0.15, 0.2) is 0 Å². The second kappa shape index (κ2) is 11.1. The molecule has 0 radical (unpaired) electrons. The number of amides is 1. The third-order valence-corrected chi connectivity index (χ3v) is 4.57. The summed E-state index contributed by atoms with van der Waals surface area (Å²) in [5.41, 5.74) is 6.94. The number of hydrogen-bond acceptors (Lipinski definition) is 6. The Kier molecular flexibility index (Phi) is 9.43. The lowest BCUT2D eigenvalue weighted by Gasteiger charge is -2.25. The maximum atomic E-state index is 12.2. The molecule has 0 fully saturated rings. The van der Waals surface area contributed by atoms with E-state index in [1.807, 2.05) is 66.7 Å². The minimum absolute atomic E-state index is 0.150. The molecule has 1 amide bonds. The highest BCUT2D eigenvalue weighted by Crippen LogP contribution is 2.44. The van der Waals surface area contributed by atoms with Gasteiger partial charge < -0.3 is 20.5 Å². The molecule has 3 N–H and O–H groups in total. The summed E-state index contributed by atoms with van der Waals surface area (Å²) < 4.78 is 11.6. The van der Waals surface area contributed by atoms with Crippen molar-refractivity contribution in [3.8, 4) is 17.5 Å². The number of rotatable bonds is 4. The fraction of sp³-hybridized carbons (Fsp3) is 0.542. The number of ether oxygens (including phenoxy) is 2. The molecule has 0 bridgehead atoms. The van der Waals surface area contributed by atoms with Gasteiger partial charge in [-0.3, -0.25) is 4.79 Å². The molecular formula is C24H38N4O3. The van der Waals surface area contributed by atoms with Crippen LogP contribution < -0.4 is 20.5 Å². The minimum atomic E-state index is -0.637. The first kappa shape index (κ1) is 26.4. The first-order valence-corrected chi connectivity index (χ1v) is 10.9. The number of carbonyl (C=O) groups excluding carboxylic acids is 1. The Balaban J connectivity index is 0.00000113. The van der Waals surface area contributed by atoms with Gasteiger partial charge in [-0.2, -0.15) is 0 Å². The van der Waals surface area contributed by atoms with E-state index < -0.39 is 6.04 Å². The largest absolute Gasteiger partial charge is 0.492 e. The van der Waals surface area contributed by atoms with Gasteiger partial charge in [0, 0.05) is 11.0 Å². The Morgan fingerprint density at radius 1 is 1.16 bits per heavy atom. The SMILES string of the molecule is CC.CC.CC1(C)COc2cccc(Oc3ncc(NC(=O)[C@H](N)C(C)(C)C)cn3)c21. The fourth-order valence-corrected chi connectivity index (χ4v) is 2.86. The lowest BCUT2D eigenvalue weighted by Crippen LogP contribution is -2.45. The zero-order valence-corrected chi connectivity index (χ0v) is 20.4. The summed E-state index contributed by atoms with van der Waals surface area (Å²) in [6.45, 7) is 18.5. The van der Waals surface area contributed by atoms with Crippen LogP contribution in [-0.2, 0) is 10.2 Å². The van der Waals surface area contributed by atoms with Crippen LogP contribution in [0.15, 0.2) is 30.6 Å². The zero-order chi connectivity index (χ0) is 23.8. The molecule has 7 nitrogen and oxygen atoms in total. The maximum Gasteiger partial charge on any atom is 0.322 e. The second-order valence-corrected chi connectivity index (χ2v) is 8.49. The molecule has 0 saturated carbocycles. The Morgan fingerprint density at radius 3 is 2.29 bits per heavy atom. The van der Waals surface area contributed by atoms with Crippen LogP contribution >= 0.6 is 0 Å². The van der Waals surface area contributed by atoms with Crippen molar-refractivity contribution < 1.29 is 14.3 Å². The molecule has 1 aromatic carbocycles. The number of hydrogen-bond donors (Lipinski definition) is 2. The van der Waals surface area contributed by atoms with E-state index in [-0.39, 0.29) is 22.7 Å². The summed E-state index contributed by atoms with van der Waals surface area (Å²) >= 11 is 0. The van der Waals surface area contributed by atoms with E-state index in [1.165, 1.54) is 12.4 Å². The van der Waals surface area contributed by atoms with Crippen LogP contribution in [0.5, 0.6) is 17.5 Å². The number of benzene rings is 1. The van der Waals surface area contributed by atoms with E-state index in [4.69, 9.17) is 15.2 Å². The van der Waals surface area contributed by atoms with Gasteiger partial charge in [-0.25, -0.2) is 9.97 Å². The van der Waals surface area contributed by atoms with Crippen molar-refractivity contribution in [3.63, 3.8) is 0 Å². The molecule has 2 aromatic rings. The Hall–Kier alpha value is -2.67. The first-order valence-electron chi connectivity index (χ1n) is 10.9. The van der Waals surface area contributed by atoms with Crippen molar-refractivity contribution in [1.29, 1.82) is 0 Å². The number of nitrogens with one attached hydrogen (secondary N) is 1. The molecule has 2 heterocycles. The normalized spacial score (nSPS) is 14.5. The fourth-order valence-electron chi connectivity index (χ4n) is 2.86. The molecule has 0 saturated heterocycles. The monoisotopic (exact) mass is 430 g/mol. The summed E-state index contributed by atoms with van der Waals surface area (Å²) in [5.74, 6) is 1.21. The number of nitrogens with zero attached hydrogens (tertiary/aromatic N) is 2. The van der Waals surface area contributed by atoms with Gasteiger partial charge in [0.05, 0.1) is 30.7 Å². The predicted octanol–water partition coefficient (Wildman–Crippen LogP) is 5.30. The summed E-state index contributed by atoms with van der Waals surface area (Å²) in [5, 5.41) is 2.73. The molecule has 1 aliphatic rings. The number of anilines is 1. The predicted molar refractivity (Wildman–Crippen MR) is 126 cm³/mol. The standard InChI is InChI=1S/C20H26N4O3.2C2H6/c1-19(2,3)16(21)17(25)24-12-9-22-18(23-10-12)27-14-8-6-7-13-15(14)20(4,5)11-26-13;2*1-2/h6-10,16H,11,21H2,1-5H3,(H,24,25);2*1-2H3/t16-;;/m0../s1. The van der Waals surface area contributed by atoms with Crippen LogP contribution in [0.2, 0.25) is 0 Å². The van der Waals surface area contributed by atoms with E-state index in [2.05, 4.69) is 29.1 Å². The van der Waals surface area contributed by atoms with Gasteiger partial charge in [-0.05, 0) is 17.5 Å². The quantitative estimate of drug-likeness (QED) is 0.682. The molecule has 1 atom stereocenters.